The molecule has 7 heteroatoms. The molecule has 0 aliphatic heterocycles. The molecule has 0 aliphatic carbocycles. The van der Waals surface area contributed by atoms with Crippen molar-refractivity contribution in [1.82, 2.24) is 20.1 Å². The molecule has 1 aromatic heterocycles. The van der Waals surface area contributed by atoms with Gasteiger partial charge in [0.2, 0.25) is 11.9 Å². The Kier molecular flexibility index (Phi) is 5.81. The fourth-order valence-electron chi connectivity index (χ4n) is 2.05. The predicted molar refractivity (Wildman–Crippen MR) is 93.0 cm³/mol. The average Bonchev–Trinajstić information content (AvgIpc) is 2.86. The Morgan fingerprint density at radius 2 is 2.09 bits per heavy atom. The van der Waals surface area contributed by atoms with Crippen LogP contribution < -0.4 is 11.1 Å². The number of aromatic nitrogens is 3. The second-order valence-corrected chi connectivity index (χ2v) is 6.38. The Morgan fingerprint density at radius 3 is 2.70 bits per heavy atom. The highest BCUT2D eigenvalue weighted by molar-refractivity contribution is 8.00. The molecule has 23 heavy (non-hydrogen) atoms. The highest BCUT2D eigenvalue weighted by Gasteiger charge is 2.25. The summed E-state index contributed by atoms with van der Waals surface area (Å²) < 4.78 is 1.73. The quantitative estimate of drug-likeness (QED) is 0.601. The first-order valence-corrected chi connectivity index (χ1v) is 8.22. The molecule has 1 heterocycles. The normalized spacial score (nSPS) is 12.1. The SMILES string of the molecule is C=CCn1c(N)nnc1SC(C(=O)NC(C)C)c1ccccc1. The molecule has 1 unspecified atom stereocenters. The Labute approximate surface area is 140 Å². The number of allylic oxidation sites excluding steroid dienone is 1. The summed E-state index contributed by atoms with van der Waals surface area (Å²) in [6.45, 7) is 8.07. The van der Waals surface area contributed by atoms with Crippen molar-refractivity contribution in [3.05, 3.63) is 48.6 Å². The first-order chi connectivity index (χ1) is 11.0. The maximum absolute atomic E-state index is 12.6. The van der Waals surface area contributed by atoms with E-state index in [4.69, 9.17) is 5.73 Å². The lowest BCUT2D eigenvalue weighted by Gasteiger charge is -2.18. The maximum Gasteiger partial charge on any atom is 0.238 e. The van der Waals surface area contributed by atoms with Crippen molar-refractivity contribution < 1.29 is 4.79 Å². The van der Waals surface area contributed by atoms with Crippen molar-refractivity contribution in [2.45, 2.75) is 36.8 Å². The first kappa shape index (κ1) is 17.1. The molecule has 0 fully saturated rings. The van der Waals surface area contributed by atoms with Crippen molar-refractivity contribution in [2.24, 2.45) is 0 Å². The molecule has 2 rings (SSSR count). The maximum atomic E-state index is 12.6. The summed E-state index contributed by atoms with van der Waals surface area (Å²) in [4.78, 5) is 12.6. The zero-order valence-corrected chi connectivity index (χ0v) is 14.1. The summed E-state index contributed by atoms with van der Waals surface area (Å²) in [5, 5.41) is 11.1. The number of thioether (sulfide) groups is 1. The molecule has 0 radical (unpaired) electrons. The Hall–Kier alpha value is -2.28. The number of nitrogens with zero attached hydrogens (tertiary/aromatic N) is 3. The number of nitrogen functional groups attached to an aromatic ring is 1. The van der Waals surface area contributed by atoms with Crippen LogP contribution in [0.4, 0.5) is 5.95 Å². The van der Waals surface area contributed by atoms with Gasteiger partial charge in [-0.15, -0.1) is 16.8 Å². The first-order valence-electron chi connectivity index (χ1n) is 7.34. The number of nitrogens with two attached hydrogens (primary N) is 1. The number of nitrogens with one attached hydrogen (secondary N) is 1. The van der Waals surface area contributed by atoms with Crippen LogP contribution in [0.5, 0.6) is 0 Å². The Bertz CT molecular complexity index is 668. The van der Waals surface area contributed by atoms with Gasteiger partial charge in [-0.05, 0) is 19.4 Å². The molecule has 0 saturated carbocycles. The number of hydrogen-bond donors (Lipinski definition) is 2. The minimum atomic E-state index is -0.425. The molecule has 0 spiro atoms. The Balaban J connectivity index is 2.31. The van der Waals surface area contributed by atoms with E-state index < -0.39 is 5.25 Å². The van der Waals surface area contributed by atoms with E-state index in [1.165, 1.54) is 11.8 Å². The van der Waals surface area contributed by atoms with E-state index in [1.807, 2.05) is 44.2 Å². The third-order valence-corrected chi connectivity index (χ3v) is 4.29. The van der Waals surface area contributed by atoms with Gasteiger partial charge in [0.15, 0.2) is 5.16 Å². The van der Waals surface area contributed by atoms with Crippen LogP contribution in [0.25, 0.3) is 0 Å². The van der Waals surface area contributed by atoms with Crippen molar-refractivity contribution >= 4 is 23.6 Å². The van der Waals surface area contributed by atoms with E-state index in [-0.39, 0.29) is 11.9 Å². The van der Waals surface area contributed by atoms with Gasteiger partial charge in [0.1, 0.15) is 5.25 Å². The summed E-state index contributed by atoms with van der Waals surface area (Å²) in [6, 6.07) is 9.65. The summed E-state index contributed by atoms with van der Waals surface area (Å²) in [7, 11) is 0. The van der Waals surface area contributed by atoms with E-state index in [1.54, 1.807) is 10.6 Å². The number of anilines is 1. The van der Waals surface area contributed by atoms with Crippen LogP contribution in [0.1, 0.15) is 24.7 Å². The summed E-state index contributed by atoms with van der Waals surface area (Å²) >= 11 is 1.33. The molecule has 1 amide bonds. The highest BCUT2D eigenvalue weighted by Crippen LogP contribution is 2.35. The number of rotatable bonds is 7. The highest BCUT2D eigenvalue weighted by atomic mass is 32.2. The average molecular weight is 331 g/mol. The van der Waals surface area contributed by atoms with Crippen LogP contribution in [-0.2, 0) is 11.3 Å². The van der Waals surface area contributed by atoms with E-state index in [0.29, 0.717) is 17.6 Å². The number of carbonyl (C=O) groups is 1. The van der Waals surface area contributed by atoms with Crippen LogP contribution in [0.3, 0.4) is 0 Å². The minimum absolute atomic E-state index is 0.0606. The fourth-order valence-corrected chi connectivity index (χ4v) is 3.12. The third kappa shape index (κ3) is 4.35. The Morgan fingerprint density at radius 1 is 1.39 bits per heavy atom. The fraction of sp³-hybridized carbons (Fsp3) is 0.312. The molecule has 122 valence electrons. The number of carbonyl (C=O) groups excluding carboxylic acids is 1. The van der Waals surface area contributed by atoms with Gasteiger partial charge >= 0.3 is 0 Å². The van der Waals surface area contributed by atoms with Gasteiger partial charge in [-0.3, -0.25) is 9.36 Å². The smallest absolute Gasteiger partial charge is 0.238 e. The van der Waals surface area contributed by atoms with Crippen molar-refractivity contribution in [2.75, 3.05) is 5.73 Å². The zero-order chi connectivity index (χ0) is 16.8. The van der Waals surface area contributed by atoms with Gasteiger partial charge in [0, 0.05) is 12.6 Å². The molecule has 0 saturated heterocycles. The van der Waals surface area contributed by atoms with Crippen molar-refractivity contribution in [3.63, 3.8) is 0 Å². The molecule has 0 bridgehead atoms. The zero-order valence-electron chi connectivity index (χ0n) is 13.3. The van der Waals surface area contributed by atoms with E-state index in [9.17, 15) is 4.79 Å². The lowest BCUT2D eigenvalue weighted by molar-refractivity contribution is -0.121. The van der Waals surface area contributed by atoms with E-state index in [0.717, 1.165) is 5.56 Å². The molecule has 2 aromatic rings. The standard InChI is InChI=1S/C16H21N5OS/c1-4-10-21-15(17)19-20-16(21)23-13(14(22)18-11(2)3)12-8-6-5-7-9-12/h4-9,11,13H,1,10H2,2-3H3,(H2,17,19)(H,18,22). The van der Waals surface area contributed by atoms with Crippen LogP contribution in [0.15, 0.2) is 48.1 Å². The molecule has 1 aromatic carbocycles. The lowest BCUT2D eigenvalue weighted by atomic mass is 10.1. The monoisotopic (exact) mass is 331 g/mol. The molecular weight excluding hydrogens is 310 g/mol. The number of hydrogen-bond acceptors (Lipinski definition) is 5. The number of benzene rings is 1. The predicted octanol–water partition coefficient (Wildman–Crippen LogP) is 2.40. The van der Waals surface area contributed by atoms with Crippen LogP contribution in [-0.4, -0.2) is 26.7 Å². The van der Waals surface area contributed by atoms with Gasteiger partial charge < -0.3 is 11.1 Å². The van der Waals surface area contributed by atoms with Gasteiger partial charge in [-0.25, -0.2) is 0 Å². The molecular formula is C16H21N5OS. The summed E-state index contributed by atoms with van der Waals surface area (Å²) in [5.41, 5.74) is 6.73. The summed E-state index contributed by atoms with van der Waals surface area (Å²) in [6.07, 6.45) is 1.72. The van der Waals surface area contributed by atoms with Gasteiger partial charge in [0.05, 0.1) is 0 Å². The molecule has 3 N–H and O–H groups in total. The van der Waals surface area contributed by atoms with Crippen LogP contribution in [0, 0.1) is 0 Å². The molecule has 6 nitrogen and oxygen atoms in total. The third-order valence-electron chi connectivity index (χ3n) is 3.05. The second-order valence-electron chi connectivity index (χ2n) is 5.31. The van der Waals surface area contributed by atoms with Gasteiger partial charge in [-0.1, -0.05) is 48.2 Å². The second kappa shape index (κ2) is 7.82. The van der Waals surface area contributed by atoms with Gasteiger partial charge in [-0.2, -0.15) is 0 Å². The van der Waals surface area contributed by atoms with E-state index in [2.05, 4.69) is 22.1 Å². The molecule has 0 aliphatic rings. The van der Waals surface area contributed by atoms with Crippen molar-refractivity contribution in [1.29, 1.82) is 0 Å². The summed E-state index contributed by atoms with van der Waals surface area (Å²) in [5.74, 6) is 0.242. The van der Waals surface area contributed by atoms with Gasteiger partial charge in [0.25, 0.3) is 0 Å². The van der Waals surface area contributed by atoms with Crippen LogP contribution in [0.2, 0.25) is 0 Å². The number of amides is 1. The van der Waals surface area contributed by atoms with Crippen molar-refractivity contribution in [3.8, 4) is 0 Å². The molecule has 1 atom stereocenters. The lowest BCUT2D eigenvalue weighted by Crippen LogP contribution is -2.33. The largest absolute Gasteiger partial charge is 0.368 e. The minimum Gasteiger partial charge on any atom is -0.368 e. The van der Waals surface area contributed by atoms with E-state index >= 15 is 0 Å². The van der Waals surface area contributed by atoms with Crippen LogP contribution >= 0.6 is 11.8 Å². The topological polar surface area (TPSA) is 85.8 Å².